The van der Waals surface area contributed by atoms with E-state index in [4.69, 9.17) is 4.42 Å². The lowest BCUT2D eigenvalue weighted by molar-refractivity contribution is 0.0946. The number of carbonyl (C=O) groups excluding carboxylic acids is 1. The summed E-state index contributed by atoms with van der Waals surface area (Å²) in [6.45, 7) is 0. The van der Waals surface area contributed by atoms with E-state index in [0.717, 1.165) is 5.69 Å². The van der Waals surface area contributed by atoms with Crippen LogP contribution in [0.3, 0.4) is 0 Å². The zero-order valence-corrected chi connectivity index (χ0v) is 11.4. The summed E-state index contributed by atoms with van der Waals surface area (Å²) in [5, 5.41) is 8.42. The molecule has 6 nitrogen and oxygen atoms in total. The van der Waals surface area contributed by atoms with Crippen molar-refractivity contribution in [1.29, 1.82) is 0 Å². The van der Waals surface area contributed by atoms with E-state index in [1.807, 2.05) is 30.3 Å². The number of carbonyl (C=O) groups is 1. The van der Waals surface area contributed by atoms with E-state index in [0.29, 0.717) is 17.1 Å². The quantitative estimate of drug-likeness (QED) is 0.721. The zero-order valence-electron chi connectivity index (χ0n) is 11.4. The molecule has 106 valence electrons. The molecule has 0 spiro atoms. The topological polar surface area (TPSA) is 74.2 Å². The number of aromatic amines is 1. The monoisotopic (exact) mass is 282 g/mol. The predicted molar refractivity (Wildman–Crippen MR) is 78.6 cm³/mol. The van der Waals surface area contributed by atoms with Gasteiger partial charge in [-0.15, -0.1) is 0 Å². The summed E-state index contributed by atoms with van der Waals surface area (Å²) in [5.41, 5.74) is 4.59. The van der Waals surface area contributed by atoms with Gasteiger partial charge >= 0.3 is 0 Å². The third-order valence-electron chi connectivity index (χ3n) is 3.01. The Morgan fingerprint density at radius 1 is 1.24 bits per heavy atom. The number of anilines is 1. The zero-order chi connectivity index (χ0) is 14.7. The average Bonchev–Trinajstić information content (AvgIpc) is 3.19. The van der Waals surface area contributed by atoms with Crippen molar-refractivity contribution in [3.05, 3.63) is 60.5 Å². The fourth-order valence-electron chi connectivity index (χ4n) is 1.92. The van der Waals surface area contributed by atoms with Gasteiger partial charge in [0.05, 0.1) is 12.0 Å². The van der Waals surface area contributed by atoms with E-state index in [-0.39, 0.29) is 5.91 Å². The third-order valence-corrected chi connectivity index (χ3v) is 3.01. The molecule has 2 heterocycles. The maximum atomic E-state index is 12.1. The van der Waals surface area contributed by atoms with Crippen LogP contribution in [0.25, 0.3) is 11.5 Å². The molecule has 0 bridgehead atoms. The fraction of sp³-hybridized carbons (Fsp3) is 0.0667. The second-order valence-corrected chi connectivity index (χ2v) is 4.48. The minimum atomic E-state index is -0.296. The molecule has 0 fully saturated rings. The van der Waals surface area contributed by atoms with Crippen LogP contribution in [0, 0.1) is 0 Å². The molecule has 0 radical (unpaired) electrons. The molecule has 6 heteroatoms. The smallest absolute Gasteiger partial charge is 0.290 e. The van der Waals surface area contributed by atoms with Gasteiger partial charge in [0.15, 0.2) is 11.5 Å². The van der Waals surface area contributed by atoms with Crippen molar-refractivity contribution in [2.24, 2.45) is 0 Å². The second kappa shape index (κ2) is 5.54. The first-order valence-electron chi connectivity index (χ1n) is 6.43. The van der Waals surface area contributed by atoms with Gasteiger partial charge in [0.25, 0.3) is 5.91 Å². The highest BCUT2D eigenvalue weighted by Crippen LogP contribution is 2.18. The number of H-pyrrole nitrogens is 1. The van der Waals surface area contributed by atoms with E-state index in [9.17, 15) is 4.79 Å². The van der Waals surface area contributed by atoms with Crippen molar-refractivity contribution in [3.8, 4) is 11.5 Å². The summed E-state index contributed by atoms with van der Waals surface area (Å²) in [6, 6.07) is 14.8. The van der Waals surface area contributed by atoms with Crippen LogP contribution in [-0.4, -0.2) is 23.2 Å². The molecule has 1 aromatic carbocycles. The molecule has 0 saturated carbocycles. The van der Waals surface area contributed by atoms with Crippen LogP contribution < -0.4 is 10.4 Å². The average molecular weight is 282 g/mol. The Morgan fingerprint density at radius 2 is 2.05 bits per heavy atom. The normalized spacial score (nSPS) is 10.3. The first kappa shape index (κ1) is 13.0. The summed E-state index contributed by atoms with van der Waals surface area (Å²) in [7, 11) is 1.77. The largest absolute Gasteiger partial charge is 0.463 e. The SMILES string of the molecule is CN(NC(=O)c1cc(-c2ccco2)[nH]n1)c1ccccc1. The van der Waals surface area contributed by atoms with E-state index in [2.05, 4.69) is 15.6 Å². The van der Waals surface area contributed by atoms with E-state index < -0.39 is 0 Å². The second-order valence-electron chi connectivity index (χ2n) is 4.48. The first-order valence-corrected chi connectivity index (χ1v) is 6.43. The predicted octanol–water partition coefficient (Wildman–Crippen LogP) is 2.45. The molecule has 3 rings (SSSR count). The molecule has 3 aromatic rings. The number of nitrogens with one attached hydrogen (secondary N) is 2. The number of nitrogens with zero attached hydrogens (tertiary/aromatic N) is 2. The highest BCUT2D eigenvalue weighted by atomic mass is 16.3. The Bertz CT molecular complexity index is 719. The van der Waals surface area contributed by atoms with Gasteiger partial charge in [0.1, 0.15) is 5.69 Å². The Balaban J connectivity index is 1.71. The maximum Gasteiger partial charge on any atom is 0.290 e. The Morgan fingerprint density at radius 3 is 2.76 bits per heavy atom. The van der Waals surface area contributed by atoms with Gasteiger partial charge in [-0.25, -0.2) is 0 Å². The lowest BCUT2D eigenvalue weighted by atomic mass is 10.3. The number of para-hydroxylation sites is 1. The van der Waals surface area contributed by atoms with Crippen molar-refractivity contribution in [3.63, 3.8) is 0 Å². The number of hydrogen-bond donors (Lipinski definition) is 2. The molecule has 0 aliphatic heterocycles. The number of rotatable bonds is 4. The Hall–Kier alpha value is -3.02. The van der Waals surface area contributed by atoms with Gasteiger partial charge in [-0.3, -0.25) is 20.3 Å². The highest BCUT2D eigenvalue weighted by molar-refractivity contribution is 5.94. The van der Waals surface area contributed by atoms with Crippen LogP contribution in [0.15, 0.2) is 59.2 Å². The maximum absolute atomic E-state index is 12.1. The van der Waals surface area contributed by atoms with Crippen LogP contribution in [0.2, 0.25) is 0 Å². The summed E-state index contributed by atoms with van der Waals surface area (Å²) >= 11 is 0. The van der Waals surface area contributed by atoms with E-state index >= 15 is 0 Å². The van der Waals surface area contributed by atoms with Crippen molar-refractivity contribution in [2.75, 3.05) is 12.1 Å². The third kappa shape index (κ3) is 2.79. The lowest BCUT2D eigenvalue weighted by Crippen LogP contribution is -2.39. The molecular weight excluding hydrogens is 268 g/mol. The first-order chi connectivity index (χ1) is 10.2. The molecule has 0 unspecified atom stereocenters. The van der Waals surface area contributed by atoms with Crippen molar-refractivity contribution < 1.29 is 9.21 Å². The molecule has 0 aliphatic carbocycles. The van der Waals surface area contributed by atoms with E-state index in [1.54, 1.807) is 36.5 Å². The number of aromatic nitrogens is 2. The molecular formula is C15H14N4O2. The molecule has 0 aliphatic rings. The van der Waals surface area contributed by atoms with Gasteiger partial charge in [-0.05, 0) is 24.3 Å². The van der Waals surface area contributed by atoms with Crippen LogP contribution >= 0.6 is 0 Å². The summed E-state index contributed by atoms with van der Waals surface area (Å²) in [5.74, 6) is 0.341. The van der Waals surface area contributed by atoms with E-state index in [1.165, 1.54) is 0 Å². The number of hydrazine groups is 1. The van der Waals surface area contributed by atoms with Gasteiger partial charge in [0.2, 0.25) is 0 Å². The van der Waals surface area contributed by atoms with Crippen LogP contribution in [0.1, 0.15) is 10.5 Å². The Kier molecular flexibility index (Phi) is 3.42. The number of hydrogen-bond acceptors (Lipinski definition) is 4. The molecule has 0 saturated heterocycles. The highest BCUT2D eigenvalue weighted by Gasteiger charge is 2.14. The summed E-state index contributed by atoms with van der Waals surface area (Å²) < 4.78 is 5.25. The minimum absolute atomic E-state index is 0.296. The standard InChI is InChI=1S/C15H14N4O2/c1-19(11-6-3-2-4-7-11)18-15(20)13-10-12(16-17-13)14-8-5-9-21-14/h2-10H,1H3,(H,16,17)(H,18,20). The molecule has 2 N–H and O–H groups in total. The number of furan rings is 1. The summed E-state index contributed by atoms with van der Waals surface area (Å²) in [4.78, 5) is 12.1. The molecule has 2 aromatic heterocycles. The van der Waals surface area contributed by atoms with Crippen LogP contribution in [0.5, 0.6) is 0 Å². The van der Waals surface area contributed by atoms with Gasteiger partial charge < -0.3 is 4.42 Å². The Labute approximate surface area is 121 Å². The number of amides is 1. The minimum Gasteiger partial charge on any atom is -0.463 e. The van der Waals surface area contributed by atoms with Crippen molar-refractivity contribution in [1.82, 2.24) is 15.6 Å². The van der Waals surface area contributed by atoms with Gasteiger partial charge in [-0.1, -0.05) is 18.2 Å². The van der Waals surface area contributed by atoms with Crippen LogP contribution in [0.4, 0.5) is 5.69 Å². The van der Waals surface area contributed by atoms with Crippen molar-refractivity contribution >= 4 is 11.6 Å². The molecule has 21 heavy (non-hydrogen) atoms. The molecule has 1 amide bonds. The summed E-state index contributed by atoms with van der Waals surface area (Å²) in [6.07, 6.45) is 1.57. The van der Waals surface area contributed by atoms with Crippen LogP contribution in [-0.2, 0) is 0 Å². The van der Waals surface area contributed by atoms with Gasteiger partial charge in [0, 0.05) is 13.1 Å². The number of benzene rings is 1. The fourth-order valence-corrected chi connectivity index (χ4v) is 1.92. The van der Waals surface area contributed by atoms with Crippen molar-refractivity contribution in [2.45, 2.75) is 0 Å². The van der Waals surface area contributed by atoms with Gasteiger partial charge in [-0.2, -0.15) is 5.10 Å². The lowest BCUT2D eigenvalue weighted by Gasteiger charge is -2.19. The molecule has 0 atom stereocenters.